The summed E-state index contributed by atoms with van der Waals surface area (Å²) >= 11 is 0. The average Bonchev–Trinajstić information content (AvgIpc) is 3.66. The molecule has 0 saturated heterocycles. The number of hydrogen-bond acceptors (Lipinski definition) is 3. The van der Waals surface area contributed by atoms with Gasteiger partial charge in [-0.3, -0.25) is 0 Å². The summed E-state index contributed by atoms with van der Waals surface area (Å²) in [5.74, 6) is 3.10. The molecule has 0 bridgehead atoms. The Bertz CT molecular complexity index is 2950. The van der Waals surface area contributed by atoms with Crippen molar-refractivity contribution in [2.75, 3.05) is 0 Å². The van der Waals surface area contributed by atoms with E-state index in [0.29, 0.717) is 0 Å². The van der Waals surface area contributed by atoms with E-state index in [1.165, 1.54) is 32.3 Å². The van der Waals surface area contributed by atoms with Crippen LogP contribution in [-0.2, 0) is 5.79 Å². The maximum Gasteiger partial charge on any atom is 0.277 e. The first-order chi connectivity index (χ1) is 21.7. The predicted molar refractivity (Wildman–Crippen MR) is 174 cm³/mol. The summed E-state index contributed by atoms with van der Waals surface area (Å²) in [5, 5.41) is 11.7. The van der Waals surface area contributed by atoms with Crippen LogP contribution in [0.2, 0.25) is 0 Å². The van der Waals surface area contributed by atoms with E-state index in [9.17, 15) is 0 Å². The monoisotopic (exact) mass is 561 g/mol. The van der Waals surface area contributed by atoms with Crippen LogP contribution in [0.15, 0.2) is 124 Å². The first-order valence-corrected chi connectivity index (χ1v) is 15.1. The molecule has 6 aromatic carbocycles. The van der Waals surface area contributed by atoms with Crippen LogP contribution in [0.3, 0.4) is 0 Å². The molecule has 0 aliphatic carbocycles. The molecular weight excluding hydrogens is 540 g/mol. The molecule has 0 amide bonds. The molecule has 44 heavy (non-hydrogen) atoms. The molecule has 2 aromatic heterocycles. The van der Waals surface area contributed by atoms with Crippen molar-refractivity contribution < 1.29 is 4.58 Å². The lowest BCUT2D eigenvalue weighted by Gasteiger charge is -2.38. The molecule has 0 saturated carbocycles. The smallest absolute Gasteiger partial charge is 0.240 e. The van der Waals surface area contributed by atoms with Gasteiger partial charge in [-0.2, -0.15) is 4.58 Å². The Morgan fingerprint density at radius 3 is 1.52 bits per heavy atom. The predicted octanol–water partition coefficient (Wildman–Crippen LogP) is 7.00. The number of hydrogen-bond donors (Lipinski definition) is 0. The van der Waals surface area contributed by atoms with Crippen LogP contribution in [0.1, 0.15) is 18.1 Å². The third-order valence-electron chi connectivity index (χ3n) is 10.3. The second-order valence-corrected chi connectivity index (χ2v) is 12.5. The van der Waals surface area contributed by atoms with Gasteiger partial charge in [0.05, 0.1) is 11.1 Å². The fourth-order valence-electron chi connectivity index (χ4n) is 8.32. The van der Waals surface area contributed by atoms with Crippen LogP contribution >= 0.6 is 0 Å². The van der Waals surface area contributed by atoms with Gasteiger partial charge in [0.1, 0.15) is 11.3 Å². The van der Waals surface area contributed by atoms with Crippen molar-refractivity contribution in [2.24, 2.45) is 15.0 Å². The van der Waals surface area contributed by atoms with Gasteiger partial charge in [0, 0.05) is 28.5 Å². The SMILES string of the molecule is CC12n3c4c5cc6ccccc6cc5c3N=c3c5cc6ccccc6cc5c(n31)=NC1=[N+]2C(=N4)c2cc3ccccc3cc21. The quantitative estimate of drug-likeness (QED) is 0.179. The highest BCUT2D eigenvalue weighted by Crippen LogP contribution is 2.50. The zero-order chi connectivity index (χ0) is 28.5. The summed E-state index contributed by atoms with van der Waals surface area (Å²) in [6.45, 7) is 2.31. The minimum absolute atomic E-state index is 0.674. The van der Waals surface area contributed by atoms with E-state index in [4.69, 9.17) is 15.0 Å². The number of benzene rings is 6. The van der Waals surface area contributed by atoms with Gasteiger partial charge in [0.25, 0.3) is 17.5 Å². The van der Waals surface area contributed by atoms with Crippen molar-refractivity contribution in [3.63, 3.8) is 0 Å². The normalized spacial score (nSPS) is 18.6. The number of aromatic nitrogens is 2. The van der Waals surface area contributed by atoms with Gasteiger partial charge in [0.15, 0.2) is 0 Å². The summed E-state index contributed by atoms with van der Waals surface area (Å²) in [5.41, 5.74) is 4.13. The first-order valence-electron chi connectivity index (χ1n) is 15.1. The molecule has 0 N–H and O–H groups in total. The highest BCUT2D eigenvalue weighted by molar-refractivity contribution is 6.20. The summed E-state index contributed by atoms with van der Waals surface area (Å²) in [4.78, 5) is 16.5. The second-order valence-electron chi connectivity index (χ2n) is 12.5. The van der Waals surface area contributed by atoms with E-state index < -0.39 is 5.79 Å². The van der Waals surface area contributed by atoms with Crippen molar-refractivity contribution in [3.05, 3.63) is 131 Å². The third kappa shape index (κ3) is 2.24. The number of aliphatic imine (C=N–C) groups is 1. The highest BCUT2D eigenvalue weighted by atomic mass is 15.6. The van der Waals surface area contributed by atoms with E-state index in [2.05, 4.69) is 130 Å². The van der Waals surface area contributed by atoms with Crippen LogP contribution in [0.25, 0.3) is 53.9 Å². The van der Waals surface area contributed by atoms with Crippen LogP contribution in [0, 0.1) is 0 Å². The summed E-state index contributed by atoms with van der Waals surface area (Å²) in [7, 11) is 0. The second kappa shape index (κ2) is 6.84. The maximum atomic E-state index is 5.49. The Balaban J connectivity index is 1.36. The molecule has 0 spiro atoms. The lowest BCUT2D eigenvalue weighted by Crippen LogP contribution is -2.62. The zero-order valence-electron chi connectivity index (χ0n) is 23.6. The minimum Gasteiger partial charge on any atom is -0.240 e. The first kappa shape index (κ1) is 21.8. The van der Waals surface area contributed by atoms with Crippen molar-refractivity contribution >= 4 is 77.2 Å². The van der Waals surface area contributed by atoms with Crippen molar-refractivity contribution in [2.45, 2.75) is 12.7 Å². The van der Waals surface area contributed by atoms with E-state index >= 15 is 0 Å². The van der Waals surface area contributed by atoms with Gasteiger partial charge >= 0.3 is 0 Å². The van der Waals surface area contributed by atoms with Crippen LogP contribution in [-0.4, -0.2) is 25.4 Å². The van der Waals surface area contributed by atoms with Crippen molar-refractivity contribution in [1.29, 1.82) is 0 Å². The summed E-state index contributed by atoms with van der Waals surface area (Å²) in [6.07, 6.45) is 0. The molecule has 1 atom stereocenters. The number of fused-ring (bicyclic) bond motifs is 12. The Hall–Kier alpha value is -5.88. The Labute approximate surface area is 249 Å². The summed E-state index contributed by atoms with van der Waals surface area (Å²) < 4.78 is 7.07. The number of amidine groups is 2. The van der Waals surface area contributed by atoms with E-state index in [-0.39, 0.29) is 0 Å². The molecule has 4 aliphatic rings. The average molecular weight is 562 g/mol. The molecule has 0 radical (unpaired) electrons. The fourth-order valence-corrected chi connectivity index (χ4v) is 8.32. The van der Waals surface area contributed by atoms with Crippen molar-refractivity contribution in [3.8, 4) is 0 Å². The molecule has 6 heterocycles. The molecule has 12 rings (SSSR count). The molecule has 8 aromatic rings. The number of rotatable bonds is 0. The Morgan fingerprint density at radius 1 is 0.500 bits per heavy atom. The van der Waals surface area contributed by atoms with E-state index in [0.717, 1.165) is 67.0 Å². The molecule has 202 valence electrons. The minimum atomic E-state index is -0.674. The molecule has 6 nitrogen and oxygen atoms in total. The van der Waals surface area contributed by atoms with Gasteiger partial charge in [0.2, 0.25) is 11.3 Å². The fraction of sp³-hybridized carbons (Fsp3) is 0.0526. The topological polar surface area (TPSA) is 49.9 Å². The molecule has 1 unspecified atom stereocenters. The van der Waals surface area contributed by atoms with Crippen LogP contribution in [0.5, 0.6) is 0 Å². The molecular formula is C38H21N6+. The van der Waals surface area contributed by atoms with E-state index in [1.807, 2.05) is 0 Å². The largest absolute Gasteiger partial charge is 0.277 e. The molecule has 0 fully saturated rings. The van der Waals surface area contributed by atoms with Crippen molar-refractivity contribution in [1.82, 2.24) is 9.13 Å². The highest BCUT2D eigenvalue weighted by Gasteiger charge is 2.57. The van der Waals surface area contributed by atoms with E-state index in [1.54, 1.807) is 0 Å². The molecule has 4 aliphatic heterocycles. The summed E-state index contributed by atoms with van der Waals surface area (Å²) in [6, 6.07) is 39.5. The third-order valence-corrected chi connectivity index (χ3v) is 10.3. The standard InChI is InChI=1S/C38H21N6/c1-38-42-32-26-14-20-8-2-3-9-21(20)15-27(26)33(42)40-35-30-18-24-12-6-7-13-25(24)19-31(30)37(44(35)38)41-36-29-17-23-11-5-4-10-22(23)16-28(29)34(39-32)43(36)38/h2-19H,1H3/q+1. The lowest BCUT2D eigenvalue weighted by atomic mass is 10.0. The lowest BCUT2D eigenvalue weighted by molar-refractivity contribution is -0.550. The Morgan fingerprint density at radius 2 is 0.955 bits per heavy atom. The van der Waals surface area contributed by atoms with Gasteiger partial charge in [-0.05, 0) is 68.7 Å². The van der Waals surface area contributed by atoms with Crippen LogP contribution in [0.4, 0.5) is 11.6 Å². The van der Waals surface area contributed by atoms with Gasteiger partial charge < -0.3 is 0 Å². The van der Waals surface area contributed by atoms with Gasteiger partial charge in [-0.15, -0.1) is 0 Å². The van der Waals surface area contributed by atoms with Gasteiger partial charge in [-0.1, -0.05) is 82.8 Å². The van der Waals surface area contributed by atoms with Gasteiger partial charge in [-0.25, -0.2) is 14.1 Å². The molecule has 6 heteroatoms. The van der Waals surface area contributed by atoms with Crippen LogP contribution < -0.4 is 11.0 Å². The maximum absolute atomic E-state index is 5.49. The Kier molecular flexibility index (Phi) is 3.39. The zero-order valence-corrected chi connectivity index (χ0v) is 23.6. The number of nitrogens with zero attached hydrogens (tertiary/aromatic N) is 6.